The molecule has 4 nitrogen and oxygen atoms in total. The van der Waals surface area contributed by atoms with E-state index in [1.807, 2.05) is 12.1 Å². The zero-order valence-electron chi connectivity index (χ0n) is 12.3. The van der Waals surface area contributed by atoms with E-state index in [0.29, 0.717) is 17.9 Å². The van der Waals surface area contributed by atoms with Gasteiger partial charge in [0.2, 0.25) is 0 Å². The van der Waals surface area contributed by atoms with Gasteiger partial charge in [0.25, 0.3) is 0 Å². The fourth-order valence-electron chi connectivity index (χ4n) is 2.09. The number of hydrogen-bond acceptors (Lipinski definition) is 5. The van der Waals surface area contributed by atoms with Gasteiger partial charge >= 0.3 is 5.97 Å². The number of nitrogens with two attached hydrogens (primary N) is 1. The van der Waals surface area contributed by atoms with E-state index < -0.39 is 0 Å². The lowest BCUT2D eigenvalue weighted by Gasteiger charge is -2.18. The first-order chi connectivity index (χ1) is 10.2. The Labute approximate surface area is 128 Å². The number of esters is 1. The first-order valence-corrected chi connectivity index (χ1v) is 7.90. The second kappa shape index (κ2) is 7.13. The molecule has 0 amide bonds. The van der Waals surface area contributed by atoms with Gasteiger partial charge in [-0.2, -0.15) is 0 Å². The molecule has 1 atom stereocenters. The zero-order valence-corrected chi connectivity index (χ0v) is 13.1. The van der Waals surface area contributed by atoms with Gasteiger partial charge in [-0.05, 0) is 43.0 Å². The molecule has 0 saturated heterocycles. The van der Waals surface area contributed by atoms with Gasteiger partial charge in [0.15, 0.2) is 0 Å². The topological polar surface area (TPSA) is 64.3 Å². The summed E-state index contributed by atoms with van der Waals surface area (Å²) in [5, 5.41) is 5.49. The van der Waals surface area contributed by atoms with Crippen LogP contribution in [0.25, 0.3) is 0 Å². The van der Waals surface area contributed by atoms with Gasteiger partial charge in [-0.3, -0.25) is 0 Å². The van der Waals surface area contributed by atoms with E-state index in [9.17, 15) is 4.79 Å². The standard InChI is InChI=1S/C16H20N2O2S/c1-3-13(15-6-5-9-21-15)18-14-8-7-11(10-12(14)17)16(19)20-4-2/h5-10,13,18H,3-4,17H2,1-2H3. The van der Waals surface area contributed by atoms with Crippen molar-refractivity contribution in [2.45, 2.75) is 26.3 Å². The van der Waals surface area contributed by atoms with Gasteiger partial charge < -0.3 is 15.8 Å². The summed E-state index contributed by atoms with van der Waals surface area (Å²) in [6.45, 7) is 4.26. The molecule has 1 aromatic carbocycles. The zero-order chi connectivity index (χ0) is 15.2. The molecule has 1 aromatic heterocycles. The van der Waals surface area contributed by atoms with Gasteiger partial charge in [0, 0.05) is 4.88 Å². The molecular weight excluding hydrogens is 284 g/mol. The summed E-state index contributed by atoms with van der Waals surface area (Å²) in [5.41, 5.74) is 7.91. The monoisotopic (exact) mass is 304 g/mol. The van der Waals surface area contributed by atoms with E-state index in [1.54, 1.807) is 30.4 Å². The van der Waals surface area contributed by atoms with Crippen molar-refractivity contribution < 1.29 is 9.53 Å². The van der Waals surface area contributed by atoms with E-state index in [0.717, 1.165) is 12.1 Å². The van der Waals surface area contributed by atoms with Gasteiger partial charge in [0.05, 0.1) is 29.6 Å². The molecule has 0 aliphatic rings. The van der Waals surface area contributed by atoms with Crippen molar-refractivity contribution in [3.63, 3.8) is 0 Å². The van der Waals surface area contributed by atoms with Crippen molar-refractivity contribution in [2.75, 3.05) is 17.7 Å². The molecule has 21 heavy (non-hydrogen) atoms. The average molecular weight is 304 g/mol. The summed E-state index contributed by atoms with van der Waals surface area (Å²) in [7, 11) is 0. The number of thiophene rings is 1. The second-order valence-corrected chi connectivity index (χ2v) is 5.62. The molecule has 0 radical (unpaired) electrons. The number of carbonyl (C=O) groups is 1. The summed E-state index contributed by atoms with van der Waals surface area (Å²) in [6.07, 6.45) is 0.958. The Bertz CT molecular complexity index is 596. The van der Waals surface area contributed by atoms with Crippen LogP contribution in [0.4, 0.5) is 11.4 Å². The van der Waals surface area contributed by atoms with Crippen molar-refractivity contribution in [2.24, 2.45) is 0 Å². The third kappa shape index (κ3) is 3.76. The highest BCUT2D eigenvalue weighted by Gasteiger charge is 2.13. The number of carbonyl (C=O) groups excluding carboxylic acids is 1. The number of benzene rings is 1. The first-order valence-electron chi connectivity index (χ1n) is 7.02. The minimum absolute atomic E-state index is 0.223. The highest BCUT2D eigenvalue weighted by Crippen LogP contribution is 2.29. The van der Waals surface area contributed by atoms with Crippen molar-refractivity contribution in [3.05, 3.63) is 46.2 Å². The highest BCUT2D eigenvalue weighted by atomic mass is 32.1. The van der Waals surface area contributed by atoms with Crippen LogP contribution in [0, 0.1) is 0 Å². The minimum Gasteiger partial charge on any atom is -0.462 e. The predicted octanol–water partition coefficient (Wildman–Crippen LogP) is 4.07. The quantitative estimate of drug-likeness (QED) is 0.623. The third-order valence-corrected chi connectivity index (χ3v) is 4.17. The Kier molecular flexibility index (Phi) is 5.22. The third-order valence-electron chi connectivity index (χ3n) is 3.19. The maximum atomic E-state index is 11.7. The van der Waals surface area contributed by atoms with E-state index >= 15 is 0 Å². The molecule has 5 heteroatoms. The number of ether oxygens (including phenoxy) is 1. The summed E-state index contributed by atoms with van der Waals surface area (Å²) in [4.78, 5) is 12.9. The lowest BCUT2D eigenvalue weighted by Crippen LogP contribution is -2.11. The molecule has 0 bridgehead atoms. The largest absolute Gasteiger partial charge is 0.462 e. The fourth-order valence-corrected chi connectivity index (χ4v) is 2.95. The van der Waals surface area contributed by atoms with Gasteiger partial charge in [-0.25, -0.2) is 4.79 Å². The molecule has 2 rings (SSSR count). The van der Waals surface area contributed by atoms with Crippen LogP contribution in [0.5, 0.6) is 0 Å². The molecule has 0 fully saturated rings. The van der Waals surface area contributed by atoms with E-state index in [4.69, 9.17) is 10.5 Å². The van der Waals surface area contributed by atoms with Crippen LogP contribution in [-0.2, 0) is 4.74 Å². The van der Waals surface area contributed by atoms with Crippen LogP contribution >= 0.6 is 11.3 Å². The Morgan fingerprint density at radius 1 is 1.38 bits per heavy atom. The van der Waals surface area contributed by atoms with Gasteiger partial charge in [-0.15, -0.1) is 11.3 Å². The molecule has 2 aromatic rings. The Balaban J connectivity index is 2.15. The normalized spacial score (nSPS) is 11.9. The number of rotatable bonds is 6. The number of nitrogen functional groups attached to an aromatic ring is 1. The average Bonchev–Trinajstić information content (AvgIpc) is 3.00. The predicted molar refractivity (Wildman–Crippen MR) is 87.8 cm³/mol. The highest BCUT2D eigenvalue weighted by molar-refractivity contribution is 7.10. The maximum Gasteiger partial charge on any atom is 0.338 e. The lowest BCUT2D eigenvalue weighted by molar-refractivity contribution is 0.0526. The van der Waals surface area contributed by atoms with Crippen molar-refractivity contribution >= 4 is 28.7 Å². The Hall–Kier alpha value is -2.01. The summed E-state index contributed by atoms with van der Waals surface area (Å²) in [5.74, 6) is -0.346. The minimum atomic E-state index is -0.346. The summed E-state index contributed by atoms with van der Waals surface area (Å²) >= 11 is 1.72. The number of nitrogens with one attached hydrogen (secondary N) is 1. The molecule has 3 N–H and O–H groups in total. The van der Waals surface area contributed by atoms with Crippen LogP contribution < -0.4 is 11.1 Å². The van der Waals surface area contributed by atoms with Crippen LogP contribution in [0.15, 0.2) is 35.7 Å². The SMILES string of the molecule is CCOC(=O)c1ccc(NC(CC)c2cccs2)c(N)c1. The van der Waals surface area contributed by atoms with Crippen LogP contribution in [0.2, 0.25) is 0 Å². The van der Waals surface area contributed by atoms with E-state index in [2.05, 4.69) is 23.7 Å². The first kappa shape index (κ1) is 15.4. The number of anilines is 2. The van der Waals surface area contributed by atoms with Crippen molar-refractivity contribution in [1.82, 2.24) is 0 Å². The second-order valence-electron chi connectivity index (χ2n) is 4.64. The van der Waals surface area contributed by atoms with Crippen molar-refractivity contribution in [1.29, 1.82) is 0 Å². The fraction of sp³-hybridized carbons (Fsp3) is 0.312. The molecular formula is C16H20N2O2S. The maximum absolute atomic E-state index is 11.7. The van der Waals surface area contributed by atoms with Gasteiger partial charge in [-0.1, -0.05) is 13.0 Å². The Morgan fingerprint density at radius 3 is 2.76 bits per heavy atom. The molecule has 0 spiro atoms. The molecule has 0 aliphatic heterocycles. The lowest BCUT2D eigenvalue weighted by atomic mass is 10.1. The molecule has 1 heterocycles. The summed E-state index contributed by atoms with van der Waals surface area (Å²) in [6, 6.07) is 9.59. The number of hydrogen-bond donors (Lipinski definition) is 2. The van der Waals surface area contributed by atoms with E-state index in [-0.39, 0.29) is 12.0 Å². The summed E-state index contributed by atoms with van der Waals surface area (Å²) < 4.78 is 4.97. The smallest absolute Gasteiger partial charge is 0.338 e. The molecule has 0 aliphatic carbocycles. The van der Waals surface area contributed by atoms with Crippen molar-refractivity contribution in [3.8, 4) is 0 Å². The van der Waals surface area contributed by atoms with Crippen LogP contribution in [-0.4, -0.2) is 12.6 Å². The Morgan fingerprint density at radius 2 is 2.19 bits per heavy atom. The van der Waals surface area contributed by atoms with E-state index in [1.165, 1.54) is 4.88 Å². The molecule has 1 unspecified atom stereocenters. The van der Waals surface area contributed by atoms with Crippen LogP contribution in [0.3, 0.4) is 0 Å². The van der Waals surface area contributed by atoms with Gasteiger partial charge in [0.1, 0.15) is 0 Å². The molecule has 112 valence electrons. The molecule has 0 saturated carbocycles. The van der Waals surface area contributed by atoms with Crippen LogP contribution in [0.1, 0.15) is 41.5 Å².